The number of para-hydroxylation sites is 2. The van der Waals surface area contributed by atoms with Crippen molar-refractivity contribution in [1.82, 2.24) is 19.9 Å². The van der Waals surface area contributed by atoms with E-state index in [1.54, 1.807) is 19.5 Å². The van der Waals surface area contributed by atoms with Crippen LogP contribution in [0.1, 0.15) is 37.9 Å². The third kappa shape index (κ3) is 4.82. The molecular weight excluding hydrogens is 390 g/mol. The van der Waals surface area contributed by atoms with Gasteiger partial charge in [-0.05, 0) is 37.1 Å². The maximum Gasteiger partial charge on any atom is 0.222 e. The SMILES string of the molecule is CCC(=O)N1CCCC(c2nc(Nc3ccccc3OC)cc(-c3cccnc3)n2)C1. The fourth-order valence-electron chi connectivity index (χ4n) is 3.90. The highest BCUT2D eigenvalue weighted by Crippen LogP contribution is 2.31. The summed E-state index contributed by atoms with van der Waals surface area (Å²) in [5, 5.41) is 3.38. The van der Waals surface area contributed by atoms with E-state index < -0.39 is 0 Å². The molecule has 1 aliphatic heterocycles. The van der Waals surface area contributed by atoms with Crippen LogP contribution in [0.25, 0.3) is 11.3 Å². The highest BCUT2D eigenvalue weighted by Gasteiger charge is 2.26. The minimum Gasteiger partial charge on any atom is -0.495 e. The quantitative estimate of drug-likeness (QED) is 0.640. The Morgan fingerprint density at radius 3 is 2.87 bits per heavy atom. The Bertz CT molecular complexity index is 1040. The highest BCUT2D eigenvalue weighted by molar-refractivity contribution is 5.76. The second-order valence-electron chi connectivity index (χ2n) is 7.60. The molecule has 3 heterocycles. The maximum atomic E-state index is 12.3. The molecule has 1 saturated heterocycles. The lowest BCUT2D eigenvalue weighted by atomic mass is 9.96. The molecule has 3 aromatic rings. The summed E-state index contributed by atoms with van der Waals surface area (Å²) < 4.78 is 5.47. The zero-order valence-corrected chi connectivity index (χ0v) is 17.9. The number of hydrogen-bond donors (Lipinski definition) is 1. The van der Waals surface area contributed by atoms with E-state index in [9.17, 15) is 4.79 Å². The van der Waals surface area contributed by atoms with Crippen molar-refractivity contribution in [2.24, 2.45) is 0 Å². The first-order valence-corrected chi connectivity index (χ1v) is 10.6. The van der Waals surface area contributed by atoms with Crippen LogP contribution in [0.5, 0.6) is 5.75 Å². The topological polar surface area (TPSA) is 80.2 Å². The first kappa shape index (κ1) is 20.8. The van der Waals surface area contributed by atoms with Crippen LogP contribution in [0.15, 0.2) is 54.9 Å². The van der Waals surface area contributed by atoms with Gasteiger partial charge < -0.3 is 15.0 Å². The molecule has 1 fully saturated rings. The van der Waals surface area contributed by atoms with Gasteiger partial charge in [0, 0.05) is 49.5 Å². The van der Waals surface area contributed by atoms with Crippen LogP contribution in [0.4, 0.5) is 11.5 Å². The third-order valence-electron chi connectivity index (χ3n) is 5.51. The molecule has 4 rings (SSSR count). The van der Waals surface area contributed by atoms with E-state index in [4.69, 9.17) is 14.7 Å². The van der Waals surface area contributed by atoms with Gasteiger partial charge in [-0.25, -0.2) is 9.97 Å². The molecule has 1 atom stereocenters. The Kier molecular flexibility index (Phi) is 6.40. The summed E-state index contributed by atoms with van der Waals surface area (Å²) in [7, 11) is 1.65. The van der Waals surface area contributed by atoms with Gasteiger partial charge in [-0.2, -0.15) is 0 Å². The summed E-state index contributed by atoms with van der Waals surface area (Å²) in [5.41, 5.74) is 2.55. The van der Waals surface area contributed by atoms with Gasteiger partial charge in [0.25, 0.3) is 0 Å². The van der Waals surface area contributed by atoms with E-state index in [1.807, 2.05) is 54.3 Å². The molecule has 0 spiro atoms. The van der Waals surface area contributed by atoms with Gasteiger partial charge in [0.1, 0.15) is 17.4 Å². The maximum absolute atomic E-state index is 12.3. The highest BCUT2D eigenvalue weighted by atomic mass is 16.5. The van der Waals surface area contributed by atoms with Crippen molar-refractivity contribution in [3.8, 4) is 17.0 Å². The van der Waals surface area contributed by atoms with Gasteiger partial charge in [-0.15, -0.1) is 0 Å². The number of piperidine rings is 1. The number of nitrogens with one attached hydrogen (secondary N) is 1. The fraction of sp³-hybridized carbons (Fsp3) is 0.333. The molecule has 1 aliphatic rings. The summed E-state index contributed by atoms with van der Waals surface area (Å²) in [6, 6.07) is 13.5. The number of carbonyl (C=O) groups excluding carboxylic acids is 1. The molecule has 7 nitrogen and oxygen atoms in total. The zero-order valence-electron chi connectivity index (χ0n) is 17.9. The van der Waals surface area contributed by atoms with E-state index in [2.05, 4.69) is 10.3 Å². The molecule has 1 N–H and O–H groups in total. The molecule has 160 valence electrons. The van der Waals surface area contributed by atoms with Crippen molar-refractivity contribution in [2.45, 2.75) is 32.1 Å². The number of anilines is 2. The lowest BCUT2D eigenvalue weighted by Gasteiger charge is -2.32. The number of amides is 1. The zero-order chi connectivity index (χ0) is 21.6. The van der Waals surface area contributed by atoms with E-state index >= 15 is 0 Å². The van der Waals surface area contributed by atoms with Crippen LogP contribution in [0.3, 0.4) is 0 Å². The largest absolute Gasteiger partial charge is 0.495 e. The summed E-state index contributed by atoms with van der Waals surface area (Å²) in [5.74, 6) is 2.45. The molecule has 1 unspecified atom stereocenters. The summed E-state index contributed by atoms with van der Waals surface area (Å²) in [6.45, 7) is 3.36. The second-order valence-corrected chi connectivity index (χ2v) is 7.60. The predicted molar refractivity (Wildman–Crippen MR) is 120 cm³/mol. The van der Waals surface area contributed by atoms with Gasteiger partial charge in [0.05, 0.1) is 18.5 Å². The number of methoxy groups -OCH3 is 1. The molecule has 2 aromatic heterocycles. The Morgan fingerprint density at radius 2 is 2.10 bits per heavy atom. The van der Waals surface area contributed by atoms with E-state index in [-0.39, 0.29) is 11.8 Å². The predicted octanol–water partition coefficient (Wildman–Crippen LogP) is 4.41. The molecule has 0 radical (unpaired) electrons. The van der Waals surface area contributed by atoms with Crippen molar-refractivity contribution in [2.75, 3.05) is 25.5 Å². The monoisotopic (exact) mass is 417 g/mol. The number of carbonyl (C=O) groups is 1. The Hall–Kier alpha value is -3.48. The van der Waals surface area contributed by atoms with Crippen molar-refractivity contribution < 1.29 is 9.53 Å². The van der Waals surface area contributed by atoms with Gasteiger partial charge in [0.15, 0.2) is 0 Å². The van der Waals surface area contributed by atoms with Gasteiger partial charge in [-0.3, -0.25) is 9.78 Å². The van der Waals surface area contributed by atoms with Gasteiger partial charge >= 0.3 is 0 Å². The third-order valence-corrected chi connectivity index (χ3v) is 5.51. The van der Waals surface area contributed by atoms with Gasteiger partial charge in [0.2, 0.25) is 5.91 Å². The van der Waals surface area contributed by atoms with Crippen molar-refractivity contribution >= 4 is 17.4 Å². The molecule has 1 aromatic carbocycles. The number of rotatable bonds is 6. The Labute approximate surface area is 182 Å². The average Bonchev–Trinajstić information content (AvgIpc) is 2.84. The molecular formula is C24H27N5O2. The number of ether oxygens (including phenoxy) is 1. The van der Waals surface area contributed by atoms with Crippen molar-refractivity contribution in [1.29, 1.82) is 0 Å². The fourth-order valence-corrected chi connectivity index (χ4v) is 3.90. The lowest BCUT2D eigenvalue weighted by Crippen LogP contribution is -2.39. The molecule has 0 bridgehead atoms. The van der Waals surface area contributed by atoms with Gasteiger partial charge in [-0.1, -0.05) is 19.1 Å². The minimum absolute atomic E-state index is 0.0964. The van der Waals surface area contributed by atoms with E-state index in [0.717, 1.165) is 47.9 Å². The van der Waals surface area contributed by atoms with Crippen LogP contribution >= 0.6 is 0 Å². The van der Waals surface area contributed by atoms with Crippen LogP contribution in [0.2, 0.25) is 0 Å². The first-order valence-electron chi connectivity index (χ1n) is 10.6. The Balaban J connectivity index is 1.71. The van der Waals surface area contributed by atoms with Crippen LogP contribution in [0, 0.1) is 0 Å². The van der Waals surface area contributed by atoms with Crippen LogP contribution in [-0.4, -0.2) is 46.0 Å². The summed E-state index contributed by atoms with van der Waals surface area (Å²) in [4.78, 5) is 28.1. The first-order chi connectivity index (χ1) is 15.2. The van der Waals surface area contributed by atoms with Crippen LogP contribution in [-0.2, 0) is 4.79 Å². The Morgan fingerprint density at radius 1 is 1.23 bits per heavy atom. The number of hydrogen-bond acceptors (Lipinski definition) is 6. The number of pyridine rings is 1. The average molecular weight is 418 g/mol. The minimum atomic E-state index is 0.0964. The van der Waals surface area contributed by atoms with Crippen LogP contribution < -0.4 is 10.1 Å². The standard InChI is InChI=1S/C24H27N5O2/c1-3-23(30)29-13-7-9-18(16-29)24-27-20(17-8-6-12-25-15-17)14-22(28-24)26-19-10-4-5-11-21(19)31-2/h4-6,8,10-12,14-15,18H,3,7,9,13,16H2,1-2H3,(H,26,27,28). The lowest BCUT2D eigenvalue weighted by molar-refractivity contribution is -0.132. The number of aromatic nitrogens is 3. The van der Waals surface area contributed by atoms with E-state index in [0.29, 0.717) is 18.8 Å². The summed E-state index contributed by atoms with van der Waals surface area (Å²) in [6.07, 6.45) is 5.97. The molecule has 1 amide bonds. The molecule has 7 heteroatoms. The number of nitrogens with zero attached hydrogens (tertiary/aromatic N) is 4. The second kappa shape index (κ2) is 9.55. The summed E-state index contributed by atoms with van der Waals surface area (Å²) >= 11 is 0. The van der Waals surface area contributed by atoms with E-state index in [1.165, 1.54) is 0 Å². The van der Waals surface area contributed by atoms with Crippen molar-refractivity contribution in [3.05, 3.63) is 60.7 Å². The molecule has 31 heavy (non-hydrogen) atoms. The smallest absolute Gasteiger partial charge is 0.222 e. The number of benzene rings is 1. The normalized spacial score (nSPS) is 16.1. The van der Waals surface area contributed by atoms with Crippen molar-refractivity contribution in [3.63, 3.8) is 0 Å². The molecule has 0 saturated carbocycles. The molecule has 0 aliphatic carbocycles. The number of likely N-dealkylation sites (tertiary alicyclic amines) is 1.